The van der Waals surface area contributed by atoms with Gasteiger partial charge in [-0.15, -0.1) is 0 Å². The van der Waals surface area contributed by atoms with Crippen molar-refractivity contribution in [3.05, 3.63) is 187 Å². The van der Waals surface area contributed by atoms with Crippen LogP contribution in [0, 0.1) is 0 Å². The molecule has 8 aromatic carbocycles. The van der Waals surface area contributed by atoms with Gasteiger partial charge in [-0.3, -0.25) is 0 Å². The van der Waals surface area contributed by atoms with Gasteiger partial charge in [0.15, 0.2) is 0 Å². The molecule has 0 aliphatic heterocycles. The van der Waals surface area contributed by atoms with E-state index in [2.05, 4.69) is 220 Å². The molecule has 2 heteroatoms. The highest BCUT2D eigenvalue weighted by Crippen LogP contribution is 2.46. The second-order valence-corrected chi connectivity index (χ2v) is 15.2. The van der Waals surface area contributed by atoms with Crippen molar-refractivity contribution in [2.45, 2.75) is 64.8 Å². The molecule has 0 aliphatic carbocycles. The van der Waals surface area contributed by atoms with Crippen LogP contribution in [-0.4, -0.2) is 0 Å². The number of rotatable bonds is 11. The smallest absolute Gasteiger partial charge is 0.0672 e. The molecule has 0 radical (unpaired) electrons. The van der Waals surface area contributed by atoms with Gasteiger partial charge >= 0.3 is 0 Å². The molecule has 8 aromatic rings. The zero-order valence-electron chi connectivity index (χ0n) is 32.3. The maximum absolute atomic E-state index is 2.59. The van der Waals surface area contributed by atoms with E-state index in [1.54, 1.807) is 0 Å². The molecular weight excluding hydrogens is 653 g/mol. The lowest BCUT2D eigenvalue weighted by molar-refractivity contribution is 0.436. The highest BCUT2D eigenvalue weighted by molar-refractivity contribution is 5.97. The van der Waals surface area contributed by atoms with Gasteiger partial charge in [0.1, 0.15) is 0 Å². The van der Waals surface area contributed by atoms with Crippen molar-refractivity contribution in [2.24, 2.45) is 0 Å². The zero-order valence-corrected chi connectivity index (χ0v) is 32.3. The van der Waals surface area contributed by atoms with Crippen LogP contribution in [0.25, 0.3) is 32.3 Å². The van der Waals surface area contributed by atoms with Crippen LogP contribution in [0.5, 0.6) is 0 Å². The summed E-state index contributed by atoms with van der Waals surface area (Å²) in [7, 11) is 0. The number of nitrogens with zero attached hydrogens (tertiary/aromatic N) is 2. The standard InChI is InChI=1S/C52H50N2/c1-6-51(4,7-2)43-26-28-44(29-27-43)52(5,8-3)54(50-23-15-21-40-18-13-14-22-49(40)50)46-34-32-45(33-35-46)53(47-30-24-38-16-9-11-19-41(38)36-47)48-31-25-39-17-10-12-20-42(39)37-48/h9-37H,6-8H2,1-5H3. The van der Waals surface area contributed by atoms with Gasteiger partial charge in [-0.1, -0.05) is 149 Å². The average Bonchev–Trinajstić information content (AvgIpc) is 3.24. The summed E-state index contributed by atoms with van der Waals surface area (Å²) in [5.41, 5.74) is 8.33. The molecule has 0 aromatic heterocycles. The van der Waals surface area contributed by atoms with Gasteiger partial charge in [0.2, 0.25) is 0 Å². The first-order chi connectivity index (χ1) is 26.3. The Bertz CT molecular complexity index is 2460. The van der Waals surface area contributed by atoms with Crippen LogP contribution in [0.2, 0.25) is 0 Å². The molecule has 0 fully saturated rings. The summed E-state index contributed by atoms with van der Waals surface area (Å²) < 4.78 is 0. The Labute approximate surface area is 321 Å². The van der Waals surface area contributed by atoms with Crippen molar-refractivity contribution in [1.29, 1.82) is 0 Å². The summed E-state index contributed by atoms with van der Waals surface area (Å²) in [6.07, 6.45) is 3.17. The van der Waals surface area contributed by atoms with Gasteiger partial charge in [-0.2, -0.15) is 0 Å². The molecule has 0 heterocycles. The lowest BCUT2D eigenvalue weighted by Gasteiger charge is -2.44. The third-order valence-electron chi connectivity index (χ3n) is 12.3. The first kappa shape index (κ1) is 35.2. The summed E-state index contributed by atoms with van der Waals surface area (Å²) >= 11 is 0. The van der Waals surface area contributed by atoms with Crippen molar-refractivity contribution >= 4 is 60.8 Å². The fourth-order valence-electron chi connectivity index (χ4n) is 8.30. The summed E-state index contributed by atoms with van der Waals surface area (Å²) in [5.74, 6) is 0. The van der Waals surface area contributed by atoms with Gasteiger partial charge in [0.05, 0.1) is 5.54 Å². The molecule has 0 saturated carbocycles. The lowest BCUT2D eigenvalue weighted by Crippen LogP contribution is -2.40. The number of benzene rings is 8. The number of anilines is 5. The van der Waals surface area contributed by atoms with E-state index in [0.29, 0.717) is 0 Å². The SMILES string of the molecule is CCC(C)(CC)c1ccc(C(C)(CC)N(c2ccc(N(c3ccc4ccccc4c3)c3ccc4ccccc4c3)cc2)c2cccc3ccccc23)cc1. The Hall–Kier alpha value is -5.86. The highest BCUT2D eigenvalue weighted by Gasteiger charge is 2.35. The first-order valence-electron chi connectivity index (χ1n) is 19.6. The Morgan fingerprint density at radius 3 is 1.41 bits per heavy atom. The summed E-state index contributed by atoms with van der Waals surface area (Å²) in [6, 6.07) is 65.0. The zero-order chi connectivity index (χ0) is 37.3. The second-order valence-electron chi connectivity index (χ2n) is 15.2. The fraction of sp³-hybridized carbons (Fsp3) is 0.192. The molecule has 0 saturated heterocycles. The largest absolute Gasteiger partial charge is 0.331 e. The number of hydrogen-bond donors (Lipinski definition) is 0. The monoisotopic (exact) mass is 702 g/mol. The van der Waals surface area contributed by atoms with Gasteiger partial charge in [-0.25, -0.2) is 0 Å². The molecule has 1 atom stereocenters. The van der Waals surface area contributed by atoms with Crippen molar-refractivity contribution in [3.8, 4) is 0 Å². The van der Waals surface area contributed by atoms with Crippen LogP contribution >= 0.6 is 0 Å². The third kappa shape index (κ3) is 6.30. The topological polar surface area (TPSA) is 6.48 Å². The molecule has 2 nitrogen and oxygen atoms in total. The normalized spacial score (nSPS) is 12.9. The minimum atomic E-state index is -0.324. The minimum absolute atomic E-state index is 0.175. The van der Waals surface area contributed by atoms with Crippen molar-refractivity contribution in [3.63, 3.8) is 0 Å². The maximum atomic E-state index is 2.59. The summed E-state index contributed by atoms with van der Waals surface area (Å²) in [4.78, 5) is 4.98. The molecule has 0 amide bonds. The van der Waals surface area contributed by atoms with E-state index in [9.17, 15) is 0 Å². The lowest BCUT2D eigenvalue weighted by atomic mass is 9.76. The number of hydrogen-bond acceptors (Lipinski definition) is 2. The maximum Gasteiger partial charge on any atom is 0.0672 e. The Morgan fingerprint density at radius 1 is 0.389 bits per heavy atom. The van der Waals surface area contributed by atoms with Crippen LogP contribution < -0.4 is 9.80 Å². The van der Waals surface area contributed by atoms with Crippen LogP contribution in [0.4, 0.5) is 28.4 Å². The molecule has 8 rings (SSSR count). The van der Waals surface area contributed by atoms with Gasteiger partial charge in [0, 0.05) is 33.8 Å². The molecule has 268 valence electrons. The Balaban J connectivity index is 1.28. The molecule has 54 heavy (non-hydrogen) atoms. The van der Waals surface area contributed by atoms with E-state index >= 15 is 0 Å². The van der Waals surface area contributed by atoms with Gasteiger partial charge in [0.25, 0.3) is 0 Å². The molecular formula is C52H50N2. The van der Waals surface area contributed by atoms with E-state index in [-0.39, 0.29) is 11.0 Å². The van der Waals surface area contributed by atoms with Crippen LogP contribution in [0.15, 0.2) is 176 Å². The molecule has 0 N–H and O–H groups in total. The molecule has 0 bridgehead atoms. The van der Waals surface area contributed by atoms with Crippen molar-refractivity contribution in [2.75, 3.05) is 9.80 Å². The van der Waals surface area contributed by atoms with Gasteiger partial charge < -0.3 is 9.80 Å². The quantitative estimate of drug-likeness (QED) is 0.132. The van der Waals surface area contributed by atoms with Crippen LogP contribution in [0.1, 0.15) is 65.0 Å². The summed E-state index contributed by atoms with van der Waals surface area (Å²) in [6.45, 7) is 11.7. The molecule has 0 spiro atoms. The third-order valence-corrected chi connectivity index (χ3v) is 12.3. The molecule has 1 unspecified atom stereocenters. The van der Waals surface area contributed by atoms with E-state index < -0.39 is 0 Å². The fourth-order valence-corrected chi connectivity index (χ4v) is 8.30. The Morgan fingerprint density at radius 2 is 0.852 bits per heavy atom. The predicted octanol–water partition coefficient (Wildman–Crippen LogP) is 15.2. The average molecular weight is 703 g/mol. The van der Waals surface area contributed by atoms with Gasteiger partial charge in [-0.05, 0) is 124 Å². The van der Waals surface area contributed by atoms with Crippen LogP contribution in [0.3, 0.4) is 0 Å². The number of fused-ring (bicyclic) bond motifs is 3. The highest BCUT2D eigenvalue weighted by atomic mass is 15.2. The van der Waals surface area contributed by atoms with Crippen LogP contribution in [-0.2, 0) is 11.0 Å². The Kier molecular flexibility index (Phi) is 9.46. The minimum Gasteiger partial charge on any atom is -0.331 e. The van der Waals surface area contributed by atoms with E-state index in [1.165, 1.54) is 49.1 Å². The van der Waals surface area contributed by atoms with Crippen molar-refractivity contribution in [1.82, 2.24) is 0 Å². The summed E-state index contributed by atoms with van der Waals surface area (Å²) in [5, 5.41) is 7.41. The van der Waals surface area contributed by atoms with E-state index in [1.807, 2.05) is 0 Å². The van der Waals surface area contributed by atoms with Crippen molar-refractivity contribution < 1.29 is 0 Å². The van der Waals surface area contributed by atoms with E-state index in [4.69, 9.17) is 0 Å². The first-order valence-corrected chi connectivity index (χ1v) is 19.6. The van der Waals surface area contributed by atoms with E-state index in [0.717, 1.165) is 42.0 Å². The second kappa shape index (κ2) is 14.5. The predicted molar refractivity (Wildman–Crippen MR) is 234 cm³/mol. The molecule has 0 aliphatic rings.